The van der Waals surface area contributed by atoms with Crippen molar-refractivity contribution in [2.75, 3.05) is 19.3 Å². The lowest BCUT2D eigenvalue weighted by atomic mass is 9.90. The Morgan fingerprint density at radius 3 is 2.76 bits per heavy atom. The standard InChI is InChI=1S/C13H21N3S/c1-11-13(10-14,5-8-17-11)16(2)9-12-3-6-15-7-4-12/h3-4,6-7,11H,5,8-10,14H2,1-2H3. The lowest BCUT2D eigenvalue weighted by molar-refractivity contribution is 0.122. The van der Waals surface area contributed by atoms with Crippen LogP contribution >= 0.6 is 11.8 Å². The maximum atomic E-state index is 6.05. The van der Waals surface area contributed by atoms with Crippen LogP contribution in [0.25, 0.3) is 0 Å². The van der Waals surface area contributed by atoms with Crippen LogP contribution in [0.2, 0.25) is 0 Å². The highest BCUT2D eigenvalue weighted by Gasteiger charge is 2.42. The second kappa shape index (κ2) is 5.38. The van der Waals surface area contributed by atoms with Crippen LogP contribution in [0.3, 0.4) is 0 Å². The van der Waals surface area contributed by atoms with Crippen molar-refractivity contribution in [1.29, 1.82) is 0 Å². The van der Waals surface area contributed by atoms with E-state index in [0.717, 1.165) is 13.1 Å². The highest BCUT2D eigenvalue weighted by molar-refractivity contribution is 8.00. The van der Waals surface area contributed by atoms with Gasteiger partial charge in [0.25, 0.3) is 0 Å². The fourth-order valence-electron chi connectivity index (χ4n) is 2.62. The molecule has 2 unspecified atom stereocenters. The van der Waals surface area contributed by atoms with Gasteiger partial charge in [-0.25, -0.2) is 0 Å². The summed E-state index contributed by atoms with van der Waals surface area (Å²) in [6, 6.07) is 4.15. The number of nitrogens with zero attached hydrogens (tertiary/aromatic N) is 2. The Labute approximate surface area is 108 Å². The summed E-state index contributed by atoms with van der Waals surface area (Å²) < 4.78 is 0. The summed E-state index contributed by atoms with van der Waals surface area (Å²) in [5.41, 5.74) is 7.51. The summed E-state index contributed by atoms with van der Waals surface area (Å²) in [6.45, 7) is 3.99. The SMILES string of the molecule is CC1SCCC1(CN)N(C)Cc1ccncc1. The summed E-state index contributed by atoms with van der Waals surface area (Å²) in [4.78, 5) is 6.48. The molecule has 94 valence electrons. The summed E-state index contributed by atoms with van der Waals surface area (Å²) >= 11 is 2.03. The molecule has 0 saturated carbocycles. The van der Waals surface area contributed by atoms with Crippen molar-refractivity contribution in [1.82, 2.24) is 9.88 Å². The Hall–Kier alpha value is -0.580. The molecule has 1 aliphatic heterocycles. The third kappa shape index (κ3) is 2.49. The average Bonchev–Trinajstić information content (AvgIpc) is 2.73. The van der Waals surface area contributed by atoms with Crippen molar-refractivity contribution < 1.29 is 0 Å². The molecule has 0 aliphatic carbocycles. The number of rotatable bonds is 4. The van der Waals surface area contributed by atoms with Crippen molar-refractivity contribution in [3.8, 4) is 0 Å². The largest absolute Gasteiger partial charge is 0.329 e. The molecule has 3 nitrogen and oxygen atoms in total. The summed E-state index contributed by atoms with van der Waals surface area (Å²) in [7, 11) is 2.19. The number of hydrogen-bond donors (Lipinski definition) is 1. The average molecular weight is 251 g/mol. The fourth-order valence-corrected chi connectivity index (χ4v) is 4.14. The molecule has 1 fully saturated rings. The van der Waals surface area contributed by atoms with Crippen LogP contribution in [-0.4, -0.2) is 40.0 Å². The minimum absolute atomic E-state index is 0.161. The predicted octanol–water partition coefficient (Wildman–Crippen LogP) is 1.74. The summed E-state index contributed by atoms with van der Waals surface area (Å²) in [5, 5.41) is 0.610. The van der Waals surface area contributed by atoms with E-state index >= 15 is 0 Å². The first-order valence-corrected chi connectivity index (χ1v) is 7.16. The van der Waals surface area contributed by atoms with Crippen LogP contribution in [0.1, 0.15) is 18.9 Å². The van der Waals surface area contributed by atoms with Crippen LogP contribution in [-0.2, 0) is 6.54 Å². The van der Waals surface area contributed by atoms with Crippen LogP contribution in [0.4, 0.5) is 0 Å². The van der Waals surface area contributed by atoms with Gasteiger partial charge in [-0.2, -0.15) is 11.8 Å². The highest BCUT2D eigenvalue weighted by Crippen LogP contribution is 2.39. The van der Waals surface area contributed by atoms with Crippen molar-refractivity contribution >= 4 is 11.8 Å². The van der Waals surface area contributed by atoms with Gasteiger partial charge in [0.2, 0.25) is 0 Å². The van der Waals surface area contributed by atoms with Gasteiger partial charge in [0, 0.05) is 36.3 Å². The lowest BCUT2D eigenvalue weighted by Gasteiger charge is -2.41. The first-order chi connectivity index (χ1) is 8.19. The predicted molar refractivity (Wildman–Crippen MR) is 74.0 cm³/mol. The van der Waals surface area contributed by atoms with Crippen molar-refractivity contribution in [3.63, 3.8) is 0 Å². The first kappa shape index (κ1) is 12.9. The maximum Gasteiger partial charge on any atom is 0.0455 e. The molecule has 2 atom stereocenters. The highest BCUT2D eigenvalue weighted by atomic mass is 32.2. The maximum absolute atomic E-state index is 6.05. The Bertz CT molecular complexity index is 357. The zero-order valence-electron chi connectivity index (χ0n) is 10.6. The third-order valence-electron chi connectivity index (χ3n) is 3.94. The van der Waals surface area contributed by atoms with Crippen LogP contribution in [0.5, 0.6) is 0 Å². The normalized spacial score (nSPS) is 28.8. The third-order valence-corrected chi connectivity index (χ3v) is 5.32. The topological polar surface area (TPSA) is 42.1 Å². The van der Waals surface area contributed by atoms with Gasteiger partial charge >= 0.3 is 0 Å². The van der Waals surface area contributed by atoms with Gasteiger partial charge in [0.15, 0.2) is 0 Å². The van der Waals surface area contributed by atoms with Gasteiger partial charge in [-0.1, -0.05) is 6.92 Å². The monoisotopic (exact) mass is 251 g/mol. The van der Waals surface area contributed by atoms with E-state index in [9.17, 15) is 0 Å². The molecule has 2 rings (SSSR count). The molecule has 0 spiro atoms. The molecule has 0 amide bonds. The zero-order chi connectivity index (χ0) is 12.3. The number of hydrogen-bond acceptors (Lipinski definition) is 4. The van der Waals surface area contributed by atoms with Gasteiger partial charge < -0.3 is 5.73 Å². The molecule has 0 radical (unpaired) electrons. The van der Waals surface area contributed by atoms with Gasteiger partial charge in [-0.05, 0) is 36.9 Å². The van der Waals surface area contributed by atoms with Crippen LogP contribution < -0.4 is 5.73 Å². The van der Waals surface area contributed by atoms with E-state index in [1.54, 1.807) is 0 Å². The molecular formula is C13H21N3S. The summed E-state index contributed by atoms with van der Waals surface area (Å²) in [6.07, 6.45) is 4.90. The second-order valence-electron chi connectivity index (χ2n) is 4.78. The van der Waals surface area contributed by atoms with E-state index < -0.39 is 0 Å². The van der Waals surface area contributed by atoms with E-state index in [0.29, 0.717) is 5.25 Å². The van der Waals surface area contributed by atoms with Gasteiger partial charge in [-0.15, -0.1) is 0 Å². The minimum Gasteiger partial charge on any atom is -0.329 e. The smallest absolute Gasteiger partial charge is 0.0455 e. The summed E-state index contributed by atoms with van der Waals surface area (Å²) in [5.74, 6) is 1.22. The molecule has 1 saturated heterocycles. The molecule has 0 aromatic carbocycles. The minimum atomic E-state index is 0.161. The quantitative estimate of drug-likeness (QED) is 0.885. The van der Waals surface area contributed by atoms with Gasteiger partial charge in [-0.3, -0.25) is 9.88 Å². The van der Waals surface area contributed by atoms with Crippen molar-refractivity contribution in [3.05, 3.63) is 30.1 Å². The Kier molecular flexibility index (Phi) is 4.07. The number of nitrogens with two attached hydrogens (primary N) is 1. The van der Waals surface area contributed by atoms with E-state index in [1.165, 1.54) is 17.7 Å². The Morgan fingerprint density at radius 1 is 1.53 bits per heavy atom. The first-order valence-electron chi connectivity index (χ1n) is 6.11. The van der Waals surface area contributed by atoms with E-state index in [2.05, 4.69) is 36.0 Å². The van der Waals surface area contributed by atoms with Crippen molar-refractivity contribution in [2.24, 2.45) is 5.73 Å². The number of thioether (sulfide) groups is 1. The van der Waals surface area contributed by atoms with Crippen LogP contribution in [0, 0.1) is 0 Å². The fraction of sp³-hybridized carbons (Fsp3) is 0.615. The number of likely N-dealkylation sites (N-methyl/N-ethyl adjacent to an activating group) is 1. The second-order valence-corrected chi connectivity index (χ2v) is 6.23. The number of pyridine rings is 1. The van der Waals surface area contributed by atoms with Gasteiger partial charge in [0.05, 0.1) is 0 Å². The molecule has 1 aromatic heterocycles. The van der Waals surface area contributed by atoms with Crippen LogP contribution in [0.15, 0.2) is 24.5 Å². The Morgan fingerprint density at radius 2 is 2.24 bits per heavy atom. The molecule has 2 heterocycles. The van der Waals surface area contributed by atoms with E-state index in [1.807, 2.05) is 24.2 Å². The number of aromatic nitrogens is 1. The molecule has 4 heteroatoms. The molecule has 2 N–H and O–H groups in total. The van der Waals surface area contributed by atoms with Gasteiger partial charge in [0.1, 0.15) is 0 Å². The molecular weight excluding hydrogens is 230 g/mol. The lowest BCUT2D eigenvalue weighted by Crippen LogP contribution is -2.55. The Balaban J connectivity index is 2.10. The van der Waals surface area contributed by atoms with E-state index in [4.69, 9.17) is 5.73 Å². The molecule has 1 aromatic rings. The zero-order valence-corrected chi connectivity index (χ0v) is 11.4. The van der Waals surface area contributed by atoms with E-state index in [-0.39, 0.29) is 5.54 Å². The molecule has 0 bridgehead atoms. The molecule has 1 aliphatic rings. The molecule has 17 heavy (non-hydrogen) atoms. The van der Waals surface area contributed by atoms with Crippen molar-refractivity contribution in [2.45, 2.75) is 30.7 Å².